The van der Waals surface area contributed by atoms with Gasteiger partial charge in [0.05, 0.1) is 29.5 Å². The molecule has 1 aromatic heterocycles. The fourth-order valence-corrected chi connectivity index (χ4v) is 10.9. The van der Waals surface area contributed by atoms with E-state index in [9.17, 15) is 15.0 Å². The minimum Gasteiger partial charge on any atom is -0.497 e. The number of hydrogen-bond acceptors (Lipinski definition) is 6. The van der Waals surface area contributed by atoms with Gasteiger partial charge < -0.3 is 20.3 Å². The SMILES string of the molecule is COc1ccc2nc(NC(=O)CC[C@@H](C)[C@@H]3CC[C@@H]4[C@@H]5CC[C@H]6C[C@H](O)CC[C@]6(C)[C@@H]5C[C@H](O)[C@@]43C)sc2c1. The lowest BCUT2D eigenvalue weighted by Crippen LogP contribution is -2.58. The summed E-state index contributed by atoms with van der Waals surface area (Å²) in [5, 5.41) is 25.8. The molecule has 214 valence electrons. The Balaban J connectivity index is 1.10. The number of ether oxygens (including phenoxy) is 1. The number of anilines is 1. The molecule has 7 heteroatoms. The van der Waals surface area contributed by atoms with Crippen LogP contribution in [0.2, 0.25) is 0 Å². The zero-order valence-corrected chi connectivity index (χ0v) is 24.8. The highest BCUT2D eigenvalue weighted by Gasteiger charge is 2.63. The van der Waals surface area contributed by atoms with E-state index in [1.807, 2.05) is 18.2 Å². The number of methoxy groups -OCH3 is 1. The molecule has 4 saturated carbocycles. The lowest BCUT2D eigenvalue weighted by molar-refractivity contribution is -0.174. The van der Waals surface area contributed by atoms with Crippen LogP contribution >= 0.6 is 11.3 Å². The quantitative estimate of drug-likeness (QED) is 0.372. The first kappa shape index (κ1) is 27.5. The van der Waals surface area contributed by atoms with Crippen LogP contribution in [0.4, 0.5) is 5.13 Å². The van der Waals surface area contributed by atoms with Gasteiger partial charge in [0.25, 0.3) is 0 Å². The van der Waals surface area contributed by atoms with Gasteiger partial charge in [0.1, 0.15) is 5.75 Å². The zero-order chi connectivity index (χ0) is 27.5. The van der Waals surface area contributed by atoms with Gasteiger partial charge in [0, 0.05) is 6.42 Å². The molecule has 39 heavy (non-hydrogen) atoms. The number of aliphatic hydroxyl groups excluding tert-OH is 2. The number of nitrogens with zero attached hydrogens (tertiary/aromatic N) is 1. The second-order valence-electron chi connectivity index (χ2n) is 13.8. The summed E-state index contributed by atoms with van der Waals surface area (Å²) in [7, 11) is 1.65. The lowest BCUT2D eigenvalue weighted by atomic mass is 9.43. The van der Waals surface area contributed by atoms with Crippen molar-refractivity contribution in [3.8, 4) is 5.75 Å². The van der Waals surface area contributed by atoms with Crippen molar-refractivity contribution < 1.29 is 19.7 Å². The van der Waals surface area contributed by atoms with Crippen LogP contribution in [0.3, 0.4) is 0 Å². The summed E-state index contributed by atoms with van der Waals surface area (Å²) in [5.74, 6) is 4.06. The maximum atomic E-state index is 12.9. The first-order valence-corrected chi connectivity index (χ1v) is 16.1. The summed E-state index contributed by atoms with van der Waals surface area (Å²) in [6.45, 7) is 7.15. The van der Waals surface area contributed by atoms with Crippen LogP contribution < -0.4 is 10.1 Å². The summed E-state index contributed by atoms with van der Waals surface area (Å²) in [6, 6.07) is 5.76. The van der Waals surface area contributed by atoms with Gasteiger partial charge in [0.15, 0.2) is 5.13 Å². The predicted molar refractivity (Wildman–Crippen MR) is 156 cm³/mol. The Labute approximate surface area is 236 Å². The van der Waals surface area contributed by atoms with E-state index in [4.69, 9.17) is 4.74 Å². The minimum atomic E-state index is -0.283. The average Bonchev–Trinajstić information content (AvgIpc) is 3.48. The van der Waals surface area contributed by atoms with Crippen LogP contribution in [0.5, 0.6) is 5.75 Å². The number of amides is 1. The Morgan fingerprint density at radius 3 is 2.77 bits per heavy atom. The Bertz CT molecular complexity index is 1220. The second-order valence-corrected chi connectivity index (χ2v) is 14.8. The number of benzene rings is 1. The maximum Gasteiger partial charge on any atom is 0.226 e. The number of hydrogen-bond donors (Lipinski definition) is 3. The van der Waals surface area contributed by atoms with Crippen LogP contribution in [-0.4, -0.2) is 40.4 Å². The molecule has 1 aromatic carbocycles. The molecule has 6 nitrogen and oxygen atoms in total. The number of rotatable bonds is 6. The van der Waals surface area contributed by atoms with Crippen molar-refractivity contribution in [1.29, 1.82) is 0 Å². The summed E-state index contributed by atoms with van der Waals surface area (Å²) in [5.41, 5.74) is 1.06. The fraction of sp³-hybridized carbons (Fsp3) is 0.750. The van der Waals surface area contributed by atoms with Crippen molar-refractivity contribution >= 4 is 32.6 Å². The van der Waals surface area contributed by atoms with Crippen molar-refractivity contribution in [2.45, 2.75) is 97.2 Å². The third-order valence-corrected chi connectivity index (χ3v) is 13.1. The molecule has 0 aliphatic heterocycles. The summed E-state index contributed by atoms with van der Waals surface area (Å²) in [6.07, 6.45) is 9.61. The van der Waals surface area contributed by atoms with Crippen LogP contribution in [0.25, 0.3) is 10.2 Å². The Morgan fingerprint density at radius 1 is 1.15 bits per heavy atom. The summed E-state index contributed by atoms with van der Waals surface area (Å²) < 4.78 is 6.31. The molecule has 0 bridgehead atoms. The van der Waals surface area contributed by atoms with E-state index in [0.29, 0.717) is 47.1 Å². The molecule has 2 aromatic rings. The van der Waals surface area contributed by atoms with Crippen LogP contribution in [0.15, 0.2) is 18.2 Å². The van der Waals surface area contributed by atoms with Gasteiger partial charge in [-0.3, -0.25) is 4.79 Å². The number of thiazole rings is 1. The molecule has 6 rings (SSSR count). The topological polar surface area (TPSA) is 91.7 Å². The Hall–Kier alpha value is -1.70. The zero-order valence-electron chi connectivity index (χ0n) is 24.0. The largest absolute Gasteiger partial charge is 0.497 e. The predicted octanol–water partition coefficient (Wildman–Crippen LogP) is 6.65. The van der Waals surface area contributed by atoms with Crippen molar-refractivity contribution in [3.05, 3.63) is 18.2 Å². The Morgan fingerprint density at radius 2 is 1.97 bits per heavy atom. The van der Waals surface area contributed by atoms with Gasteiger partial charge in [-0.15, -0.1) is 0 Å². The van der Waals surface area contributed by atoms with Crippen LogP contribution in [0.1, 0.15) is 85.0 Å². The number of carbonyl (C=O) groups excluding carboxylic acids is 1. The maximum absolute atomic E-state index is 12.9. The Kier molecular flexibility index (Phi) is 7.25. The molecule has 1 heterocycles. The molecule has 4 aliphatic rings. The van der Waals surface area contributed by atoms with Gasteiger partial charge in [-0.1, -0.05) is 32.1 Å². The lowest BCUT2D eigenvalue weighted by Gasteiger charge is -2.62. The standard InChI is InChI=1S/C32H46N2O4S/c1-18(5-12-29(37)34-30-33-26-11-7-21(38-4)16-27(26)39-30)23-9-10-24-22-8-6-19-15-20(35)13-14-31(19,2)25(22)17-28(36)32(23,24)3/h7,11,16,18-20,22-25,28,35-36H,5-6,8-10,12-15,17H2,1-4H3,(H,33,34,37)/t18-,19+,20-,22+,23+,24-,25-,28+,31+,32-/m1/s1. The number of aliphatic hydroxyl groups is 2. The third kappa shape index (κ3) is 4.61. The second kappa shape index (κ2) is 10.3. The molecule has 4 aliphatic carbocycles. The molecule has 0 radical (unpaired) electrons. The molecule has 4 fully saturated rings. The number of nitrogens with one attached hydrogen (secondary N) is 1. The van der Waals surface area contributed by atoms with Gasteiger partial charge >= 0.3 is 0 Å². The first-order chi connectivity index (χ1) is 18.6. The van der Waals surface area contributed by atoms with E-state index in [1.54, 1.807) is 7.11 Å². The smallest absolute Gasteiger partial charge is 0.226 e. The van der Waals surface area contributed by atoms with E-state index >= 15 is 0 Å². The van der Waals surface area contributed by atoms with Crippen LogP contribution in [0, 0.1) is 46.3 Å². The van der Waals surface area contributed by atoms with Gasteiger partial charge in [-0.05, 0) is 122 Å². The van der Waals surface area contributed by atoms with Crippen molar-refractivity contribution in [1.82, 2.24) is 4.98 Å². The normalized spacial score (nSPS) is 40.4. The highest BCUT2D eigenvalue weighted by molar-refractivity contribution is 7.22. The number of aromatic nitrogens is 1. The molecular formula is C32H46N2O4S. The minimum absolute atomic E-state index is 0.0163. The highest BCUT2D eigenvalue weighted by atomic mass is 32.1. The summed E-state index contributed by atoms with van der Waals surface area (Å²) >= 11 is 1.48. The van der Waals surface area contributed by atoms with Crippen molar-refractivity contribution in [2.24, 2.45) is 46.3 Å². The molecule has 0 unspecified atom stereocenters. The van der Waals surface area contributed by atoms with E-state index in [1.165, 1.54) is 30.6 Å². The highest BCUT2D eigenvalue weighted by Crippen LogP contribution is 2.68. The monoisotopic (exact) mass is 554 g/mol. The average molecular weight is 555 g/mol. The molecule has 10 atom stereocenters. The molecular weight excluding hydrogens is 508 g/mol. The molecule has 1 amide bonds. The fourth-order valence-electron chi connectivity index (χ4n) is 9.99. The number of fused-ring (bicyclic) bond motifs is 6. The van der Waals surface area contributed by atoms with Gasteiger partial charge in [-0.25, -0.2) is 4.98 Å². The molecule has 3 N–H and O–H groups in total. The first-order valence-electron chi connectivity index (χ1n) is 15.2. The summed E-state index contributed by atoms with van der Waals surface area (Å²) in [4.78, 5) is 17.5. The number of carbonyl (C=O) groups is 1. The third-order valence-electron chi connectivity index (χ3n) is 12.2. The van der Waals surface area contributed by atoms with E-state index in [0.717, 1.165) is 54.5 Å². The molecule has 0 saturated heterocycles. The van der Waals surface area contributed by atoms with Crippen molar-refractivity contribution in [2.75, 3.05) is 12.4 Å². The van der Waals surface area contributed by atoms with E-state index in [2.05, 4.69) is 31.1 Å². The van der Waals surface area contributed by atoms with E-state index < -0.39 is 0 Å². The van der Waals surface area contributed by atoms with Crippen LogP contribution in [-0.2, 0) is 4.79 Å². The van der Waals surface area contributed by atoms with Gasteiger partial charge in [0.2, 0.25) is 5.91 Å². The van der Waals surface area contributed by atoms with Crippen molar-refractivity contribution in [3.63, 3.8) is 0 Å². The van der Waals surface area contributed by atoms with Gasteiger partial charge in [-0.2, -0.15) is 0 Å². The molecule has 0 spiro atoms. The van der Waals surface area contributed by atoms with E-state index in [-0.39, 0.29) is 28.9 Å².